The normalized spacial score (nSPS) is 15.9. The molecule has 1 aliphatic heterocycles. The molecule has 2 rings (SSSR count). The Morgan fingerprint density at radius 1 is 1.29 bits per heavy atom. The summed E-state index contributed by atoms with van der Waals surface area (Å²) in [4.78, 5) is 24.0. The third kappa shape index (κ3) is 1.25. The molecule has 1 aromatic carbocycles. The van der Waals surface area contributed by atoms with Crippen molar-refractivity contribution in [2.45, 2.75) is 0 Å². The van der Waals surface area contributed by atoms with Crippen LogP contribution in [-0.4, -0.2) is 30.4 Å². The van der Waals surface area contributed by atoms with Gasteiger partial charge in [-0.3, -0.25) is 14.5 Å². The van der Waals surface area contributed by atoms with Crippen LogP contribution < -0.4 is 4.74 Å². The van der Waals surface area contributed by atoms with Crippen LogP contribution in [0.2, 0.25) is 0 Å². The summed E-state index contributed by atoms with van der Waals surface area (Å²) in [5, 5.41) is 0. The monoisotopic (exact) mass is 191 g/mol. The molecule has 1 aromatic rings. The average Bonchev–Trinajstić information content (AvgIpc) is 2.32. The lowest BCUT2D eigenvalue weighted by Gasteiger charge is -2.09. The van der Waals surface area contributed by atoms with Gasteiger partial charge in [-0.25, -0.2) is 0 Å². The van der Waals surface area contributed by atoms with E-state index in [1.807, 2.05) is 0 Å². The van der Waals surface area contributed by atoms with Crippen molar-refractivity contribution >= 4 is 11.8 Å². The highest BCUT2D eigenvalue weighted by atomic mass is 16.5. The van der Waals surface area contributed by atoms with Gasteiger partial charge in [0.05, 0.1) is 5.56 Å². The van der Waals surface area contributed by atoms with Crippen LogP contribution in [0.25, 0.3) is 0 Å². The molecule has 0 atom stereocenters. The molecule has 4 heteroatoms. The van der Waals surface area contributed by atoms with Gasteiger partial charge in [-0.05, 0) is 12.1 Å². The van der Waals surface area contributed by atoms with Crippen LogP contribution in [-0.2, 0) is 4.79 Å². The number of nitrogens with zero attached hydrogens (tertiary/aromatic N) is 1. The van der Waals surface area contributed by atoms with E-state index >= 15 is 0 Å². The van der Waals surface area contributed by atoms with Crippen LogP contribution in [0.3, 0.4) is 0 Å². The number of carbonyl (C=O) groups excluding carboxylic acids is 2. The molecule has 0 N–H and O–H groups in total. The van der Waals surface area contributed by atoms with Crippen LogP contribution in [0.5, 0.6) is 5.75 Å². The van der Waals surface area contributed by atoms with Crippen LogP contribution in [0.1, 0.15) is 10.4 Å². The SMILES string of the molecule is CN1C(=O)COc2ccccc2C1=O. The first-order valence-corrected chi connectivity index (χ1v) is 4.23. The maximum atomic E-state index is 11.7. The molecule has 2 amide bonds. The molecule has 4 nitrogen and oxygen atoms in total. The molecule has 0 radical (unpaired) electrons. The van der Waals surface area contributed by atoms with Crippen LogP contribution in [0, 0.1) is 0 Å². The molecular formula is C10H9NO3. The van der Waals surface area contributed by atoms with Gasteiger partial charge in [0, 0.05) is 7.05 Å². The lowest BCUT2D eigenvalue weighted by Crippen LogP contribution is -2.33. The van der Waals surface area contributed by atoms with E-state index in [4.69, 9.17) is 4.74 Å². The number of amides is 2. The van der Waals surface area contributed by atoms with Crippen LogP contribution >= 0.6 is 0 Å². The smallest absolute Gasteiger partial charge is 0.267 e. The van der Waals surface area contributed by atoms with Gasteiger partial charge in [-0.2, -0.15) is 0 Å². The summed E-state index contributed by atoms with van der Waals surface area (Å²) in [5.41, 5.74) is 0.431. The van der Waals surface area contributed by atoms with Crippen molar-refractivity contribution in [3.05, 3.63) is 29.8 Å². The maximum absolute atomic E-state index is 11.7. The van der Waals surface area contributed by atoms with E-state index in [-0.39, 0.29) is 18.4 Å². The fourth-order valence-electron chi connectivity index (χ4n) is 1.30. The minimum absolute atomic E-state index is 0.0841. The van der Waals surface area contributed by atoms with E-state index in [0.29, 0.717) is 11.3 Å². The third-order valence-corrected chi connectivity index (χ3v) is 2.15. The number of para-hydroxylation sites is 1. The van der Waals surface area contributed by atoms with Gasteiger partial charge in [0.1, 0.15) is 5.75 Å². The Hall–Kier alpha value is -1.84. The second-order valence-electron chi connectivity index (χ2n) is 3.04. The Morgan fingerprint density at radius 3 is 2.79 bits per heavy atom. The number of imide groups is 1. The minimum Gasteiger partial charge on any atom is -0.483 e. The van der Waals surface area contributed by atoms with Gasteiger partial charge in [-0.15, -0.1) is 0 Å². The second-order valence-corrected chi connectivity index (χ2v) is 3.04. The van der Waals surface area contributed by atoms with Crippen molar-refractivity contribution in [3.63, 3.8) is 0 Å². The lowest BCUT2D eigenvalue weighted by atomic mass is 10.2. The predicted molar refractivity (Wildman–Crippen MR) is 49.0 cm³/mol. The van der Waals surface area contributed by atoms with Gasteiger partial charge in [0.15, 0.2) is 6.61 Å². The van der Waals surface area contributed by atoms with Crippen molar-refractivity contribution in [2.75, 3.05) is 13.7 Å². The molecule has 0 aliphatic carbocycles. The van der Waals surface area contributed by atoms with Crippen molar-refractivity contribution in [3.8, 4) is 5.75 Å². The van der Waals surface area contributed by atoms with Gasteiger partial charge in [0.2, 0.25) is 0 Å². The summed E-state index contributed by atoms with van der Waals surface area (Å²) in [6.07, 6.45) is 0. The molecule has 14 heavy (non-hydrogen) atoms. The number of ether oxygens (including phenoxy) is 1. The standard InChI is InChI=1S/C10H9NO3/c1-11-9(12)6-14-8-5-3-2-4-7(8)10(11)13/h2-5H,6H2,1H3. The summed E-state index contributed by atoms with van der Waals surface area (Å²) in [6.45, 7) is -0.0841. The molecule has 1 aliphatic rings. The Bertz CT molecular complexity index is 400. The average molecular weight is 191 g/mol. The number of hydrogen-bond donors (Lipinski definition) is 0. The zero-order valence-electron chi connectivity index (χ0n) is 7.69. The minimum atomic E-state index is -0.328. The number of hydrogen-bond acceptors (Lipinski definition) is 3. The van der Waals surface area contributed by atoms with E-state index in [1.165, 1.54) is 7.05 Å². The second kappa shape index (κ2) is 3.14. The molecule has 1 heterocycles. The van der Waals surface area contributed by atoms with E-state index < -0.39 is 0 Å². The number of likely N-dealkylation sites (N-methyl/N-ethyl adjacent to an activating group) is 1. The highest BCUT2D eigenvalue weighted by molar-refractivity contribution is 6.07. The summed E-state index contributed by atoms with van der Waals surface area (Å²) >= 11 is 0. The molecule has 72 valence electrons. The molecule has 0 aromatic heterocycles. The molecular weight excluding hydrogens is 182 g/mol. The molecule has 0 bridgehead atoms. The van der Waals surface area contributed by atoms with E-state index in [2.05, 4.69) is 0 Å². The molecule has 0 unspecified atom stereocenters. The van der Waals surface area contributed by atoms with Crippen molar-refractivity contribution in [2.24, 2.45) is 0 Å². The van der Waals surface area contributed by atoms with Crippen molar-refractivity contribution < 1.29 is 14.3 Å². The molecule has 0 spiro atoms. The fraction of sp³-hybridized carbons (Fsp3) is 0.200. The van der Waals surface area contributed by atoms with E-state index in [1.54, 1.807) is 24.3 Å². The molecule has 0 saturated carbocycles. The summed E-state index contributed by atoms with van der Waals surface area (Å²) < 4.78 is 5.19. The first-order valence-electron chi connectivity index (χ1n) is 4.23. The van der Waals surface area contributed by atoms with Crippen molar-refractivity contribution in [1.29, 1.82) is 0 Å². The quantitative estimate of drug-likeness (QED) is 0.566. The zero-order valence-corrected chi connectivity index (χ0v) is 7.69. The van der Waals surface area contributed by atoms with Gasteiger partial charge in [-0.1, -0.05) is 12.1 Å². The van der Waals surface area contributed by atoms with Crippen molar-refractivity contribution in [1.82, 2.24) is 4.90 Å². The highest BCUT2D eigenvalue weighted by Gasteiger charge is 2.25. The van der Waals surface area contributed by atoms with E-state index in [0.717, 1.165) is 4.90 Å². The summed E-state index contributed by atoms with van der Waals surface area (Å²) in [7, 11) is 1.45. The van der Waals surface area contributed by atoms with Gasteiger partial charge in [0.25, 0.3) is 11.8 Å². The first-order chi connectivity index (χ1) is 6.70. The summed E-state index contributed by atoms with van der Waals surface area (Å²) in [5.74, 6) is -0.176. The fourth-order valence-corrected chi connectivity index (χ4v) is 1.30. The summed E-state index contributed by atoms with van der Waals surface area (Å²) in [6, 6.07) is 6.83. The molecule has 0 saturated heterocycles. The van der Waals surface area contributed by atoms with Crippen LogP contribution in [0.15, 0.2) is 24.3 Å². The first kappa shape index (κ1) is 8.74. The maximum Gasteiger partial charge on any atom is 0.267 e. The predicted octanol–water partition coefficient (Wildman–Crippen LogP) is 0.678. The largest absolute Gasteiger partial charge is 0.483 e. The zero-order chi connectivity index (χ0) is 10.1. The Kier molecular flexibility index (Phi) is 1.96. The van der Waals surface area contributed by atoms with Gasteiger partial charge < -0.3 is 4.74 Å². The van der Waals surface area contributed by atoms with E-state index in [9.17, 15) is 9.59 Å². The topological polar surface area (TPSA) is 46.6 Å². The Balaban J connectivity index is 2.50. The number of benzene rings is 1. The van der Waals surface area contributed by atoms with Gasteiger partial charge >= 0.3 is 0 Å². The lowest BCUT2D eigenvalue weighted by molar-refractivity contribution is -0.129. The number of fused-ring (bicyclic) bond motifs is 1. The highest BCUT2D eigenvalue weighted by Crippen LogP contribution is 2.21. The number of rotatable bonds is 0. The Labute approximate surface area is 81.1 Å². The Morgan fingerprint density at radius 2 is 2.00 bits per heavy atom. The van der Waals surface area contributed by atoms with Crippen LogP contribution in [0.4, 0.5) is 0 Å². The molecule has 0 fully saturated rings. The number of carbonyl (C=O) groups is 2. The third-order valence-electron chi connectivity index (χ3n) is 2.15.